The number of carbonyl (C=O) groups is 1. The molecule has 1 N–H and O–H groups in total. The molecule has 4 heteroatoms. The van der Waals surface area contributed by atoms with Crippen molar-refractivity contribution in [2.45, 2.75) is 38.5 Å². The maximum atomic E-state index is 11.2. The summed E-state index contributed by atoms with van der Waals surface area (Å²) in [6, 6.07) is 3.57. The number of rotatable bonds is 3. The van der Waals surface area contributed by atoms with Gasteiger partial charge in [-0.15, -0.1) is 11.3 Å². The van der Waals surface area contributed by atoms with Crippen LogP contribution in [-0.4, -0.2) is 16.1 Å². The van der Waals surface area contributed by atoms with Gasteiger partial charge in [-0.05, 0) is 36.5 Å². The number of carboxylic acids is 1. The van der Waals surface area contributed by atoms with Gasteiger partial charge in [0.05, 0.1) is 20.8 Å². The summed E-state index contributed by atoms with van der Waals surface area (Å²) in [5, 5.41) is 10.3. The second-order valence-electron chi connectivity index (χ2n) is 5.20. The van der Waals surface area contributed by atoms with Crippen LogP contribution >= 0.6 is 11.3 Å². The molecule has 0 amide bonds. The van der Waals surface area contributed by atoms with Gasteiger partial charge in [-0.3, -0.25) is 0 Å². The largest absolute Gasteiger partial charge is 0.478 e. The summed E-state index contributed by atoms with van der Waals surface area (Å²) in [6.07, 6.45) is 2.32. The maximum absolute atomic E-state index is 11.2. The van der Waals surface area contributed by atoms with E-state index in [1.165, 1.54) is 0 Å². The molecule has 1 saturated carbocycles. The Morgan fingerprint density at radius 2 is 2.17 bits per heavy atom. The number of benzene rings is 1. The van der Waals surface area contributed by atoms with Gasteiger partial charge in [0.15, 0.2) is 0 Å². The molecule has 1 aliphatic carbocycles. The van der Waals surface area contributed by atoms with E-state index in [4.69, 9.17) is 4.98 Å². The van der Waals surface area contributed by atoms with Gasteiger partial charge in [0.1, 0.15) is 0 Å². The third kappa shape index (κ3) is 1.90. The zero-order valence-corrected chi connectivity index (χ0v) is 11.3. The molecule has 1 heterocycles. The Labute approximate surface area is 109 Å². The van der Waals surface area contributed by atoms with Crippen LogP contribution in [0.15, 0.2) is 12.1 Å². The van der Waals surface area contributed by atoms with E-state index in [1.807, 2.05) is 6.07 Å². The van der Waals surface area contributed by atoms with Gasteiger partial charge in [-0.25, -0.2) is 9.78 Å². The zero-order valence-electron chi connectivity index (χ0n) is 10.4. The molecule has 0 atom stereocenters. The monoisotopic (exact) mass is 261 g/mol. The van der Waals surface area contributed by atoms with E-state index >= 15 is 0 Å². The van der Waals surface area contributed by atoms with Crippen molar-refractivity contribution < 1.29 is 9.90 Å². The lowest BCUT2D eigenvalue weighted by atomic mass is 10.1. The summed E-state index contributed by atoms with van der Waals surface area (Å²) in [5.74, 6) is 0.0648. The van der Waals surface area contributed by atoms with Gasteiger partial charge < -0.3 is 5.11 Å². The average Bonchev–Trinajstić information content (AvgIpc) is 3.05. The molecule has 0 radical (unpaired) electrons. The van der Waals surface area contributed by atoms with Gasteiger partial charge in [-0.1, -0.05) is 13.8 Å². The Hall–Kier alpha value is -1.42. The Morgan fingerprint density at radius 1 is 1.44 bits per heavy atom. The van der Waals surface area contributed by atoms with Crippen LogP contribution in [0.25, 0.3) is 10.2 Å². The van der Waals surface area contributed by atoms with E-state index in [9.17, 15) is 9.90 Å². The molecular formula is C14H15NO2S. The number of carboxylic acid groups (broad SMARTS) is 1. The minimum absolute atomic E-state index is 0.391. The van der Waals surface area contributed by atoms with E-state index in [2.05, 4.69) is 13.8 Å². The molecule has 0 saturated heterocycles. The molecule has 0 bridgehead atoms. The fourth-order valence-corrected chi connectivity index (χ4v) is 3.19. The summed E-state index contributed by atoms with van der Waals surface area (Å²) in [4.78, 5) is 15.9. The first kappa shape index (κ1) is 11.7. The lowest BCUT2D eigenvalue weighted by Crippen LogP contribution is -1.97. The lowest BCUT2D eigenvalue weighted by molar-refractivity contribution is 0.0697. The number of aromatic nitrogens is 1. The third-order valence-electron chi connectivity index (χ3n) is 3.30. The van der Waals surface area contributed by atoms with Crippen molar-refractivity contribution in [2.24, 2.45) is 0 Å². The Morgan fingerprint density at radius 3 is 2.72 bits per heavy atom. The highest BCUT2D eigenvalue weighted by Gasteiger charge is 2.28. The topological polar surface area (TPSA) is 50.2 Å². The van der Waals surface area contributed by atoms with Crippen LogP contribution < -0.4 is 0 Å². The normalized spacial score (nSPS) is 15.5. The Kier molecular flexibility index (Phi) is 2.63. The number of hydrogen-bond acceptors (Lipinski definition) is 3. The Balaban J connectivity index is 2.24. The summed E-state index contributed by atoms with van der Waals surface area (Å²) in [7, 11) is 0. The van der Waals surface area contributed by atoms with Gasteiger partial charge >= 0.3 is 5.97 Å². The number of aromatic carboxylic acids is 1. The smallest absolute Gasteiger partial charge is 0.335 e. The van der Waals surface area contributed by atoms with Gasteiger partial charge in [0, 0.05) is 5.92 Å². The lowest BCUT2D eigenvalue weighted by Gasteiger charge is -2.02. The van der Waals surface area contributed by atoms with Crippen LogP contribution in [0.1, 0.15) is 59.5 Å². The number of thiazole rings is 1. The summed E-state index contributed by atoms with van der Waals surface area (Å²) in [5.41, 5.74) is 2.55. The van der Waals surface area contributed by atoms with Crippen molar-refractivity contribution in [3.05, 3.63) is 28.3 Å². The first-order valence-electron chi connectivity index (χ1n) is 6.24. The second-order valence-corrected chi connectivity index (χ2v) is 6.26. The van der Waals surface area contributed by atoms with E-state index in [-0.39, 0.29) is 0 Å². The predicted octanol–water partition coefficient (Wildman–Crippen LogP) is 4.00. The van der Waals surface area contributed by atoms with E-state index < -0.39 is 5.97 Å². The van der Waals surface area contributed by atoms with E-state index in [0.29, 0.717) is 17.4 Å². The van der Waals surface area contributed by atoms with Gasteiger partial charge in [0.2, 0.25) is 0 Å². The molecule has 1 fully saturated rings. The SMILES string of the molecule is CC(C)c1nc2c(C3CC3)cc(C(=O)O)cc2s1. The molecule has 1 aliphatic rings. The van der Waals surface area contributed by atoms with Crippen LogP contribution in [0.3, 0.4) is 0 Å². The van der Waals surface area contributed by atoms with Gasteiger partial charge in [0.25, 0.3) is 0 Å². The molecule has 94 valence electrons. The van der Waals surface area contributed by atoms with Crippen molar-refractivity contribution in [3.63, 3.8) is 0 Å². The maximum Gasteiger partial charge on any atom is 0.335 e. The second kappa shape index (κ2) is 4.05. The molecule has 1 aromatic heterocycles. The highest BCUT2D eigenvalue weighted by molar-refractivity contribution is 7.18. The molecule has 1 aromatic carbocycles. The minimum atomic E-state index is -0.849. The van der Waals surface area contributed by atoms with Crippen molar-refractivity contribution in [1.82, 2.24) is 4.98 Å². The predicted molar refractivity (Wildman–Crippen MR) is 72.6 cm³/mol. The average molecular weight is 261 g/mol. The van der Waals surface area contributed by atoms with Crippen LogP contribution in [0.2, 0.25) is 0 Å². The highest BCUT2D eigenvalue weighted by atomic mass is 32.1. The van der Waals surface area contributed by atoms with Crippen molar-refractivity contribution in [1.29, 1.82) is 0 Å². The van der Waals surface area contributed by atoms with E-state index in [0.717, 1.165) is 33.6 Å². The molecule has 3 nitrogen and oxygen atoms in total. The third-order valence-corrected chi connectivity index (χ3v) is 4.60. The molecular weight excluding hydrogens is 246 g/mol. The Bertz CT molecular complexity index is 626. The fraction of sp³-hybridized carbons (Fsp3) is 0.429. The molecule has 2 aromatic rings. The van der Waals surface area contributed by atoms with E-state index in [1.54, 1.807) is 17.4 Å². The van der Waals surface area contributed by atoms with Crippen molar-refractivity contribution >= 4 is 27.5 Å². The standard InChI is InChI=1S/C14H15NO2S/c1-7(2)13-15-12-10(8-3-4-8)5-9(14(16)17)6-11(12)18-13/h5-8H,3-4H2,1-2H3,(H,16,17). The number of hydrogen-bond donors (Lipinski definition) is 1. The van der Waals surface area contributed by atoms with Crippen LogP contribution in [0.5, 0.6) is 0 Å². The summed E-state index contributed by atoms with van der Waals surface area (Å²) < 4.78 is 1.01. The number of nitrogens with zero attached hydrogens (tertiary/aromatic N) is 1. The quantitative estimate of drug-likeness (QED) is 0.908. The van der Waals surface area contributed by atoms with Crippen LogP contribution in [0.4, 0.5) is 0 Å². The van der Waals surface area contributed by atoms with Crippen molar-refractivity contribution in [3.8, 4) is 0 Å². The fourth-order valence-electron chi connectivity index (χ4n) is 2.15. The molecule has 0 aliphatic heterocycles. The first-order valence-corrected chi connectivity index (χ1v) is 7.05. The number of fused-ring (bicyclic) bond motifs is 1. The summed E-state index contributed by atoms with van der Waals surface area (Å²) in [6.45, 7) is 4.24. The minimum Gasteiger partial charge on any atom is -0.478 e. The highest BCUT2D eigenvalue weighted by Crippen LogP contribution is 2.44. The molecule has 3 rings (SSSR count). The van der Waals surface area contributed by atoms with Crippen LogP contribution in [0, 0.1) is 0 Å². The van der Waals surface area contributed by atoms with Gasteiger partial charge in [-0.2, -0.15) is 0 Å². The van der Waals surface area contributed by atoms with Crippen molar-refractivity contribution in [2.75, 3.05) is 0 Å². The summed E-state index contributed by atoms with van der Waals surface area (Å²) >= 11 is 1.62. The molecule has 18 heavy (non-hydrogen) atoms. The van der Waals surface area contributed by atoms with Crippen LogP contribution in [-0.2, 0) is 0 Å². The molecule has 0 spiro atoms. The first-order chi connectivity index (χ1) is 8.56. The zero-order chi connectivity index (χ0) is 12.9. The molecule has 0 unspecified atom stereocenters.